The van der Waals surface area contributed by atoms with Crippen molar-refractivity contribution in [2.45, 2.75) is 25.8 Å². The minimum atomic E-state index is -0.472. The van der Waals surface area contributed by atoms with Crippen molar-refractivity contribution < 1.29 is 14.3 Å². The van der Waals surface area contributed by atoms with Crippen molar-refractivity contribution in [3.05, 3.63) is 29.8 Å². The molecule has 0 saturated carbocycles. The second-order valence-corrected chi connectivity index (χ2v) is 5.62. The molecule has 2 heterocycles. The Morgan fingerprint density at radius 1 is 1.57 bits per heavy atom. The lowest BCUT2D eigenvalue weighted by Gasteiger charge is -2.39. The zero-order chi connectivity index (χ0) is 15.0. The summed E-state index contributed by atoms with van der Waals surface area (Å²) in [6, 6.07) is 2.32. The maximum Gasteiger partial charge on any atom is 0.256 e. The van der Waals surface area contributed by atoms with Gasteiger partial charge >= 0.3 is 0 Å². The normalized spacial score (nSPS) is 22.7. The number of carbonyl (C=O) groups is 1. The number of aliphatic hydroxyl groups excluding tert-OH is 1. The number of amides is 1. The number of nitrogens with one attached hydrogen (secondary N) is 1. The van der Waals surface area contributed by atoms with Crippen molar-refractivity contribution in [1.82, 2.24) is 14.9 Å². The average Bonchev–Trinajstić information content (AvgIpc) is 2.93. The number of hydrogen-bond acceptors (Lipinski definition) is 3. The van der Waals surface area contributed by atoms with Crippen LogP contribution >= 0.6 is 0 Å². The van der Waals surface area contributed by atoms with Crippen LogP contribution in [-0.4, -0.2) is 45.1 Å². The summed E-state index contributed by atoms with van der Waals surface area (Å²) in [6.45, 7) is 2.53. The third-order valence-corrected chi connectivity index (χ3v) is 4.28. The molecule has 2 unspecified atom stereocenters. The molecular weight excluding hydrogens is 273 g/mol. The summed E-state index contributed by atoms with van der Waals surface area (Å²) in [6.07, 6.45) is 3.32. The van der Waals surface area contributed by atoms with Crippen LogP contribution in [-0.2, 0) is 0 Å². The molecular formula is C15H18FN3O2. The number of likely N-dealkylation sites (tertiary alicyclic amines) is 1. The topological polar surface area (TPSA) is 69.2 Å². The second-order valence-electron chi connectivity index (χ2n) is 5.62. The van der Waals surface area contributed by atoms with Crippen molar-refractivity contribution in [1.29, 1.82) is 0 Å². The SMILES string of the molecule is CC1CCCN(C(=O)c2cc(F)cc3[nH]cnc23)C1CO. The fourth-order valence-electron chi connectivity index (χ4n) is 3.11. The molecule has 1 amide bonds. The van der Waals surface area contributed by atoms with E-state index in [-0.39, 0.29) is 30.0 Å². The predicted octanol–water partition coefficient (Wildman–Crippen LogP) is 1.94. The van der Waals surface area contributed by atoms with E-state index >= 15 is 0 Å². The highest BCUT2D eigenvalue weighted by Crippen LogP contribution is 2.26. The Hall–Kier alpha value is -1.95. The molecule has 1 aromatic heterocycles. The van der Waals surface area contributed by atoms with Gasteiger partial charge in [0.25, 0.3) is 5.91 Å². The third-order valence-electron chi connectivity index (χ3n) is 4.28. The van der Waals surface area contributed by atoms with Gasteiger partial charge in [0.05, 0.1) is 30.1 Å². The number of benzene rings is 1. The first-order chi connectivity index (χ1) is 10.1. The van der Waals surface area contributed by atoms with Gasteiger partial charge in [-0.25, -0.2) is 9.37 Å². The van der Waals surface area contributed by atoms with Gasteiger partial charge in [-0.2, -0.15) is 0 Å². The van der Waals surface area contributed by atoms with Crippen molar-refractivity contribution in [3.8, 4) is 0 Å². The molecule has 0 aliphatic carbocycles. The number of piperidine rings is 1. The van der Waals surface area contributed by atoms with E-state index in [9.17, 15) is 14.3 Å². The lowest BCUT2D eigenvalue weighted by Crippen LogP contribution is -2.49. The first-order valence-electron chi connectivity index (χ1n) is 7.16. The molecule has 6 heteroatoms. The Bertz CT molecular complexity index is 670. The number of H-pyrrole nitrogens is 1. The van der Waals surface area contributed by atoms with E-state index < -0.39 is 5.82 Å². The van der Waals surface area contributed by atoms with E-state index in [0.717, 1.165) is 12.8 Å². The minimum absolute atomic E-state index is 0.0774. The maximum atomic E-state index is 13.7. The number of aromatic nitrogens is 2. The molecule has 112 valence electrons. The Kier molecular flexibility index (Phi) is 3.63. The Balaban J connectivity index is 2.01. The summed E-state index contributed by atoms with van der Waals surface area (Å²) >= 11 is 0. The van der Waals surface area contributed by atoms with Gasteiger partial charge in [-0.15, -0.1) is 0 Å². The summed E-state index contributed by atoms with van der Waals surface area (Å²) in [5.74, 6) is -0.506. The quantitative estimate of drug-likeness (QED) is 0.888. The van der Waals surface area contributed by atoms with Crippen molar-refractivity contribution in [2.75, 3.05) is 13.2 Å². The highest BCUT2D eigenvalue weighted by atomic mass is 19.1. The fourth-order valence-corrected chi connectivity index (χ4v) is 3.11. The van der Waals surface area contributed by atoms with E-state index in [0.29, 0.717) is 17.6 Å². The van der Waals surface area contributed by atoms with E-state index in [1.807, 2.05) is 6.92 Å². The molecule has 1 saturated heterocycles. The molecule has 2 aromatic rings. The predicted molar refractivity (Wildman–Crippen MR) is 76.4 cm³/mol. The number of aliphatic hydroxyl groups is 1. The van der Waals surface area contributed by atoms with Gasteiger partial charge in [-0.05, 0) is 30.9 Å². The average molecular weight is 291 g/mol. The minimum Gasteiger partial charge on any atom is -0.394 e. The number of imidazole rings is 1. The molecule has 0 spiro atoms. The highest BCUT2D eigenvalue weighted by Gasteiger charge is 2.32. The molecule has 21 heavy (non-hydrogen) atoms. The summed E-state index contributed by atoms with van der Waals surface area (Å²) in [5.41, 5.74) is 1.22. The van der Waals surface area contributed by atoms with Crippen LogP contribution in [0.3, 0.4) is 0 Å². The molecule has 0 bridgehead atoms. The standard InChI is InChI=1S/C15H18FN3O2/c1-9-3-2-4-19(13(9)7-20)15(21)11-5-10(16)6-12-14(11)18-8-17-12/h5-6,8-9,13,20H,2-4,7H2,1H3,(H,17,18). The Morgan fingerprint density at radius 3 is 3.14 bits per heavy atom. The molecule has 2 atom stereocenters. The van der Waals surface area contributed by atoms with Crippen LogP contribution in [0.15, 0.2) is 18.5 Å². The molecule has 1 aliphatic heterocycles. The summed E-state index contributed by atoms with van der Waals surface area (Å²) in [5, 5.41) is 9.57. The second kappa shape index (κ2) is 5.44. The number of halogens is 1. The van der Waals surface area contributed by atoms with Gasteiger partial charge in [0, 0.05) is 6.54 Å². The molecule has 3 rings (SSSR count). The van der Waals surface area contributed by atoms with E-state index in [1.165, 1.54) is 18.5 Å². The molecule has 1 aliphatic rings. The van der Waals surface area contributed by atoms with Gasteiger partial charge in [-0.3, -0.25) is 4.79 Å². The lowest BCUT2D eigenvalue weighted by molar-refractivity contribution is 0.0359. The van der Waals surface area contributed by atoms with Crippen LogP contribution in [0.1, 0.15) is 30.1 Å². The lowest BCUT2D eigenvalue weighted by atomic mass is 9.90. The van der Waals surface area contributed by atoms with E-state index in [1.54, 1.807) is 4.90 Å². The third kappa shape index (κ3) is 2.40. The zero-order valence-electron chi connectivity index (χ0n) is 11.8. The van der Waals surface area contributed by atoms with E-state index in [2.05, 4.69) is 9.97 Å². The van der Waals surface area contributed by atoms with Gasteiger partial charge in [0.1, 0.15) is 11.3 Å². The van der Waals surface area contributed by atoms with Gasteiger partial charge in [0.15, 0.2) is 0 Å². The molecule has 2 N–H and O–H groups in total. The molecule has 1 fully saturated rings. The van der Waals surface area contributed by atoms with E-state index in [4.69, 9.17) is 0 Å². The van der Waals surface area contributed by atoms with Crippen LogP contribution in [0.5, 0.6) is 0 Å². The summed E-state index contributed by atoms with van der Waals surface area (Å²) < 4.78 is 13.7. The Morgan fingerprint density at radius 2 is 2.38 bits per heavy atom. The van der Waals surface area contributed by atoms with Gasteiger partial charge < -0.3 is 15.0 Å². The molecule has 0 radical (unpaired) electrons. The summed E-state index contributed by atoms with van der Waals surface area (Å²) in [4.78, 5) is 21.4. The van der Waals surface area contributed by atoms with Gasteiger partial charge in [-0.1, -0.05) is 6.92 Å². The van der Waals surface area contributed by atoms with Crippen LogP contribution < -0.4 is 0 Å². The first-order valence-corrected chi connectivity index (χ1v) is 7.16. The fraction of sp³-hybridized carbons (Fsp3) is 0.467. The van der Waals surface area contributed by atoms with Crippen molar-refractivity contribution in [3.63, 3.8) is 0 Å². The number of rotatable bonds is 2. The van der Waals surface area contributed by atoms with Crippen LogP contribution in [0.4, 0.5) is 4.39 Å². The maximum absolute atomic E-state index is 13.7. The van der Waals surface area contributed by atoms with Crippen LogP contribution in [0.2, 0.25) is 0 Å². The van der Waals surface area contributed by atoms with Gasteiger partial charge in [0.2, 0.25) is 0 Å². The largest absolute Gasteiger partial charge is 0.394 e. The van der Waals surface area contributed by atoms with Crippen molar-refractivity contribution >= 4 is 16.9 Å². The van der Waals surface area contributed by atoms with Crippen molar-refractivity contribution in [2.24, 2.45) is 5.92 Å². The smallest absolute Gasteiger partial charge is 0.256 e. The summed E-state index contributed by atoms with van der Waals surface area (Å²) in [7, 11) is 0. The Labute approximate surface area is 121 Å². The first kappa shape index (κ1) is 14.0. The zero-order valence-corrected chi connectivity index (χ0v) is 11.8. The molecule has 5 nitrogen and oxygen atoms in total. The number of carbonyl (C=O) groups excluding carboxylic acids is 1. The number of aromatic amines is 1. The van der Waals surface area contributed by atoms with Crippen LogP contribution in [0, 0.1) is 11.7 Å². The number of fused-ring (bicyclic) bond motifs is 1. The highest BCUT2D eigenvalue weighted by molar-refractivity contribution is 6.05. The molecule has 1 aromatic carbocycles. The van der Waals surface area contributed by atoms with Crippen LogP contribution in [0.25, 0.3) is 11.0 Å². The number of nitrogens with zero attached hydrogens (tertiary/aromatic N) is 2. The number of hydrogen-bond donors (Lipinski definition) is 2. The monoisotopic (exact) mass is 291 g/mol.